The first-order valence-electron chi connectivity index (χ1n) is 14.0. The summed E-state index contributed by atoms with van der Waals surface area (Å²) >= 11 is 2.96. The summed E-state index contributed by atoms with van der Waals surface area (Å²) in [5, 5.41) is 14.9. The van der Waals surface area contributed by atoms with Gasteiger partial charge in [0.1, 0.15) is 43.9 Å². The van der Waals surface area contributed by atoms with Crippen molar-refractivity contribution in [2.24, 2.45) is 18.9 Å². The van der Waals surface area contributed by atoms with Crippen LogP contribution in [0.5, 0.6) is 0 Å². The number of carbonyl (C=O) groups is 4. The molecular weight excluding hydrogens is 721 g/mol. The topological polar surface area (TPSA) is 134 Å². The molecule has 44 heavy (non-hydrogen) atoms. The van der Waals surface area contributed by atoms with Gasteiger partial charge in [-0.15, -0.1) is 11.8 Å². The minimum absolute atomic E-state index is 0. The monoisotopic (exact) mass is 757 g/mol. The third-order valence-electron chi connectivity index (χ3n) is 8.10. The maximum absolute atomic E-state index is 13.5. The van der Waals surface area contributed by atoms with E-state index < -0.39 is 30.1 Å². The van der Waals surface area contributed by atoms with E-state index in [2.05, 4.69) is 18.5 Å². The van der Waals surface area contributed by atoms with Crippen LogP contribution >= 0.6 is 23.1 Å². The number of amides is 3. The number of carbonyl (C=O) groups excluding carboxylic acids is 4. The van der Waals surface area contributed by atoms with Crippen molar-refractivity contribution < 1.29 is 62.3 Å². The van der Waals surface area contributed by atoms with Crippen molar-refractivity contribution in [3.8, 4) is 0 Å². The number of aliphatic hydroxyl groups excluding tert-OH is 1. The zero-order valence-electron chi connectivity index (χ0n) is 24.7. The summed E-state index contributed by atoms with van der Waals surface area (Å²) in [4.78, 5) is 57.3. The Morgan fingerprint density at radius 2 is 1.98 bits per heavy atom. The van der Waals surface area contributed by atoms with Crippen LogP contribution in [0.4, 0.5) is 4.79 Å². The maximum atomic E-state index is 13.5. The van der Waals surface area contributed by atoms with E-state index in [0.717, 1.165) is 10.7 Å². The lowest BCUT2D eigenvalue weighted by atomic mass is 9.79. The second-order valence-corrected chi connectivity index (χ2v) is 13.1. The van der Waals surface area contributed by atoms with Gasteiger partial charge in [0.05, 0.1) is 25.1 Å². The lowest BCUT2D eigenvalue weighted by Crippen LogP contribution is -3.00. The molecule has 2 aromatic rings. The SMILES string of the molecule is C=CCOC(=O)C1=C(S[C@H]2C[C@@H](C(=O)NCc3n4ccsc4c[n+]3C)N(C(=O)OCC=C)C2)[C@H](C)[C@@H]2[C@@H]([C@@H](C)O)C(=O)N12.[I-]. The quantitative estimate of drug-likeness (QED) is 0.0956. The molecule has 3 aliphatic heterocycles. The molecule has 0 radical (unpaired) electrons. The van der Waals surface area contributed by atoms with Crippen LogP contribution in [0.15, 0.2) is 53.7 Å². The van der Waals surface area contributed by atoms with Crippen molar-refractivity contribution in [1.29, 1.82) is 0 Å². The Labute approximate surface area is 280 Å². The highest BCUT2D eigenvalue weighted by Crippen LogP contribution is 2.52. The van der Waals surface area contributed by atoms with Gasteiger partial charge in [0, 0.05) is 28.0 Å². The summed E-state index contributed by atoms with van der Waals surface area (Å²) in [7, 11) is 1.91. The molecular formula is C29H36IN5O7S2. The molecule has 6 atom stereocenters. The van der Waals surface area contributed by atoms with Gasteiger partial charge in [-0.1, -0.05) is 43.6 Å². The maximum Gasteiger partial charge on any atom is 0.410 e. The fourth-order valence-electron chi connectivity index (χ4n) is 6.10. The van der Waals surface area contributed by atoms with Gasteiger partial charge in [0.2, 0.25) is 16.6 Å². The number of aliphatic hydroxyl groups is 1. The fraction of sp³-hybridized carbons (Fsp3) is 0.483. The van der Waals surface area contributed by atoms with Gasteiger partial charge in [0.15, 0.2) is 0 Å². The lowest BCUT2D eigenvalue weighted by Gasteiger charge is -2.46. The molecule has 0 saturated carbocycles. The number of aryl methyl sites for hydroxylation is 1. The number of nitrogens with zero attached hydrogens (tertiary/aromatic N) is 4. The van der Waals surface area contributed by atoms with E-state index in [1.807, 2.05) is 40.7 Å². The molecule has 2 aromatic heterocycles. The summed E-state index contributed by atoms with van der Waals surface area (Å²) in [6.07, 6.45) is 5.62. The molecule has 0 aromatic carbocycles. The number of ether oxygens (including phenoxy) is 2. The number of imidazole rings is 1. The summed E-state index contributed by atoms with van der Waals surface area (Å²) in [5.41, 5.74) is 0.153. The number of fused-ring (bicyclic) bond motifs is 2. The van der Waals surface area contributed by atoms with Crippen LogP contribution in [0, 0.1) is 11.8 Å². The molecule has 0 aliphatic carbocycles. The Kier molecular flexibility index (Phi) is 10.8. The number of thiazole rings is 1. The van der Waals surface area contributed by atoms with Crippen molar-refractivity contribution >= 4 is 51.8 Å². The largest absolute Gasteiger partial charge is 1.00 e. The van der Waals surface area contributed by atoms with Gasteiger partial charge < -0.3 is 48.8 Å². The highest BCUT2D eigenvalue weighted by molar-refractivity contribution is 8.03. The number of aromatic nitrogens is 2. The first-order chi connectivity index (χ1) is 20.6. The minimum Gasteiger partial charge on any atom is -1.00 e. The number of nitrogens with one attached hydrogen (secondary N) is 1. The summed E-state index contributed by atoms with van der Waals surface area (Å²) in [6.45, 7) is 11.1. The highest BCUT2D eigenvalue weighted by atomic mass is 127. The standard InChI is InChI=1S/C29H35N5O7S2.HI/c1-6-9-40-28(38)24-25(16(3)23-22(17(4)35)27(37)34(23)24)43-18-12-19(33(14-18)29(39)41-10-7-2)26(36)30-13-20-31(5)15-21-32(20)8-11-42-21;/h6-8,11,15-19,22-23,35H,1-2,9-10,12-14H2,3-5H3;1H/t16-,17-,18+,19+,22-,23-;/m1./s1. The molecule has 0 bridgehead atoms. The molecule has 3 amide bonds. The molecule has 2 fully saturated rings. The number of thioether (sulfide) groups is 1. The number of rotatable bonds is 11. The van der Waals surface area contributed by atoms with Gasteiger partial charge in [-0.05, 0) is 13.3 Å². The summed E-state index contributed by atoms with van der Waals surface area (Å²) < 4.78 is 14.6. The van der Waals surface area contributed by atoms with Gasteiger partial charge in [0.25, 0.3) is 5.82 Å². The average molecular weight is 758 g/mol. The molecule has 0 unspecified atom stereocenters. The minimum atomic E-state index is -0.877. The zero-order valence-corrected chi connectivity index (χ0v) is 28.5. The van der Waals surface area contributed by atoms with Gasteiger partial charge in [-0.25, -0.2) is 14.2 Å². The van der Waals surface area contributed by atoms with E-state index in [4.69, 9.17) is 9.47 Å². The van der Waals surface area contributed by atoms with E-state index in [-0.39, 0.29) is 85.0 Å². The van der Waals surface area contributed by atoms with Crippen LogP contribution in [0.1, 0.15) is 26.1 Å². The van der Waals surface area contributed by atoms with Crippen molar-refractivity contribution in [3.63, 3.8) is 0 Å². The fourth-order valence-corrected chi connectivity index (χ4v) is 8.44. The van der Waals surface area contributed by atoms with Crippen LogP contribution in [0.25, 0.3) is 4.83 Å². The Morgan fingerprint density at radius 1 is 1.27 bits per heavy atom. The molecule has 12 nitrogen and oxygen atoms in total. The average Bonchev–Trinajstić information content (AvgIpc) is 3.72. The third-order valence-corrected chi connectivity index (χ3v) is 10.4. The van der Waals surface area contributed by atoms with Crippen LogP contribution in [-0.2, 0) is 37.4 Å². The normalized spacial score (nSPS) is 24.8. The van der Waals surface area contributed by atoms with Crippen LogP contribution in [0.2, 0.25) is 0 Å². The van der Waals surface area contributed by atoms with E-state index in [1.54, 1.807) is 18.3 Å². The zero-order chi connectivity index (χ0) is 31.0. The van der Waals surface area contributed by atoms with Crippen molar-refractivity contribution in [1.82, 2.24) is 19.5 Å². The second-order valence-electron chi connectivity index (χ2n) is 10.8. The molecule has 238 valence electrons. The van der Waals surface area contributed by atoms with E-state index in [9.17, 15) is 24.3 Å². The number of hydrogen-bond donors (Lipinski definition) is 2. The van der Waals surface area contributed by atoms with Crippen molar-refractivity contribution in [3.05, 3.63) is 59.5 Å². The van der Waals surface area contributed by atoms with Crippen LogP contribution in [-0.4, -0.2) is 86.4 Å². The van der Waals surface area contributed by atoms with Crippen LogP contribution < -0.4 is 33.9 Å². The first-order valence-corrected chi connectivity index (χ1v) is 15.8. The van der Waals surface area contributed by atoms with Crippen LogP contribution in [0.3, 0.4) is 0 Å². The summed E-state index contributed by atoms with van der Waals surface area (Å²) in [5.74, 6) is -1.31. The van der Waals surface area contributed by atoms with Crippen molar-refractivity contribution in [2.45, 2.75) is 50.3 Å². The Balaban J connectivity index is 0.00000442. The number of hydrogen-bond acceptors (Lipinski definition) is 9. The Bertz CT molecular complexity index is 1500. The van der Waals surface area contributed by atoms with Gasteiger partial charge >= 0.3 is 12.1 Å². The van der Waals surface area contributed by atoms with E-state index in [1.165, 1.54) is 33.7 Å². The molecule has 5 heterocycles. The molecule has 2 N–H and O–H groups in total. The molecule has 5 rings (SSSR count). The predicted octanol–water partition coefficient (Wildman–Crippen LogP) is -1.26. The Morgan fingerprint density at radius 3 is 2.66 bits per heavy atom. The Hall–Kier alpha value is -2.89. The first kappa shape index (κ1) is 34.0. The predicted molar refractivity (Wildman–Crippen MR) is 159 cm³/mol. The third kappa shape index (κ3) is 6.15. The molecule has 15 heteroatoms. The van der Waals surface area contributed by atoms with Crippen molar-refractivity contribution in [2.75, 3.05) is 19.8 Å². The smallest absolute Gasteiger partial charge is 0.410 e. The number of halogens is 1. The van der Waals surface area contributed by atoms with E-state index >= 15 is 0 Å². The molecule has 0 spiro atoms. The molecule has 2 saturated heterocycles. The van der Waals surface area contributed by atoms with Gasteiger partial charge in [-0.3, -0.25) is 14.5 Å². The van der Waals surface area contributed by atoms with Gasteiger partial charge in [-0.2, -0.15) is 4.40 Å². The lowest BCUT2D eigenvalue weighted by molar-refractivity contribution is -0.678. The second kappa shape index (κ2) is 14.0. The van der Waals surface area contributed by atoms with E-state index in [0.29, 0.717) is 11.3 Å². The number of β-lactam (4-membered cyclic amide) rings is 1. The summed E-state index contributed by atoms with van der Waals surface area (Å²) in [6, 6.07) is -1.19. The number of esters is 1. The number of likely N-dealkylation sites (tertiary alicyclic amines) is 1. The highest BCUT2D eigenvalue weighted by Gasteiger charge is 2.60. The molecule has 3 aliphatic rings.